The van der Waals surface area contributed by atoms with Crippen molar-refractivity contribution in [3.8, 4) is 0 Å². The van der Waals surface area contributed by atoms with Gasteiger partial charge in [-0.1, -0.05) is 25.7 Å². The molecule has 1 saturated carbocycles. The normalized spacial score (nSPS) is 16.2. The highest BCUT2D eigenvalue weighted by Crippen LogP contribution is 2.28. The van der Waals surface area contributed by atoms with Crippen molar-refractivity contribution in [2.75, 3.05) is 11.6 Å². The number of sulfone groups is 1. The smallest absolute Gasteiger partial charge is 0.224 e. The van der Waals surface area contributed by atoms with E-state index in [4.69, 9.17) is 0 Å². The number of amides is 1. The minimum atomic E-state index is -3.18. The fourth-order valence-corrected chi connectivity index (χ4v) is 3.27. The second-order valence-electron chi connectivity index (χ2n) is 5.53. The predicted octanol–water partition coefficient (Wildman–Crippen LogP) is 3.00. The molecule has 0 aliphatic heterocycles. The fourth-order valence-electron chi connectivity index (χ4n) is 2.64. The van der Waals surface area contributed by atoms with Crippen molar-refractivity contribution >= 4 is 21.4 Å². The van der Waals surface area contributed by atoms with Crippen LogP contribution in [0, 0.1) is 5.92 Å². The van der Waals surface area contributed by atoms with Gasteiger partial charge >= 0.3 is 0 Å². The van der Waals surface area contributed by atoms with E-state index in [2.05, 4.69) is 5.32 Å². The lowest BCUT2D eigenvalue weighted by molar-refractivity contribution is -0.116. The third-order valence-electron chi connectivity index (χ3n) is 3.82. The molecule has 0 radical (unpaired) electrons. The van der Waals surface area contributed by atoms with E-state index >= 15 is 0 Å². The minimum absolute atomic E-state index is 0.00371. The quantitative estimate of drug-likeness (QED) is 0.908. The number of carbonyl (C=O) groups excluding carboxylic acids is 1. The first kappa shape index (κ1) is 15.0. The first-order valence-corrected chi connectivity index (χ1v) is 8.94. The highest BCUT2D eigenvalue weighted by molar-refractivity contribution is 7.90. The van der Waals surface area contributed by atoms with Crippen molar-refractivity contribution in [3.63, 3.8) is 0 Å². The summed E-state index contributed by atoms with van der Waals surface area (Å²) in [5, 5.41) is 2.81. The Hall–Kier alpha value is -1.36. The molecule has 5 heteroatoms. The molecule has 1 aromatic carbocycles. The van der Waals surface area contributed by atoms with Crippen LogP contribution in [-0.2, 0) is 14.6 Å². The first-order chi connectivity index (χ1) is 9.45. The zero-order valence-electron chi connectivity index (χ0n) is 11.8. The third-order valence-corrected chi connectivity index (χ3v) is 4.95. The fraction of sp³-hybridized carbons (Fsp3) is 0.533. The van der Waals surface area contributed by atoms with Gasteiger partial charge in [0.1, 0.15) is 0 Å². The summed E-state index contributed by atoms with van der Waals surface area (Å²) < 4.78 is 22.7. The Morgan fingerprint density at radius 1 is 1.20 bits per heavy atom. The van der Waals surface area contributed by atoms with Crippen LogP contribution in [0.4, 0.5) is 5.69 Å². The summed E-state index contributed by atoms with van der Waals surface area (Å²) in [6.07, 6.45) is 7.74. The highest BCUT2D eigenvalue weighted by Gasteiger charge is 2.16. The van der Waals surface area contributed by atoms with Crippen LogP contribution in [0.5, 0.6) is 0 Å². The Kier molecular flexibility index (Phi) is 4.81. The summed E-state index contributed by atoms with van der Waals surface area (Å²) in [6, 6.07) is 6.29. The zero-order chi connectivity index (χ0) is 14.6. The van der Waals surface area contributed by atoms with E-state index in [9.17, 15) is 13.2 Å². The van der Waals surface area contributed by atoms with Gasteiger partial charge in [0.2, 0.25) is 5.91 Å². The van der Waals surface area contributed by atoms with Gasteiger partial charge in [-0.15, -0.1) is 0 Å². The van der Waals surface area contributed by atoms with Gasteiger partial charge in [-0.2, -0.15) is 0 Å². The number of benzene rings is 1. The molecule has 0 unspecified atom stereocenters. The minimum Gasteiger partial charge on any atom is -0.326 e. The van der Waals surface area contributed by atoms with E-state index in [1.807, 2.05) is 0 Å². The number of rotatable bonds is 5. The van der Waals surface area contributed by atoms with E-state index in [1.165, 1.54) is 44.1 Å². The van der Waals surface area contributed by atoms with Crippen molar-refractivity contribution < 1.29 is 13.2 Å². The molecule has 1 aliphatic rings. The summed E-state index contributed by atoms with van der Waals surface area (Å²) in [4.78, 5) is 12.1. The van der Waals surface area contributed by atoms with Crippen LogP contribution in [-0.4, -0.2) is 20.6 Å². The van der Waals surface area contributed by atoms with Crippen LogP contribution in [0.15, 0.2) is 29.2 Å². The van der Waals surface area contributed by atoms with Gasteiger partial charge < -0.3 is 5.32 Å². The van der Waals surface area contributed by atoms with E-state index < -0.39 is 9.84 Å². The van der Waals surface area contributed by atoms with E-state index in [0.29, 0.717) is 18.0 Å². The van der Waals surface area contributed by atoms with E-state index in [-0.39, 0.29) is 10.8 Å². The average Bonchev–Trinajstić information content (AvgIpc) is 2.89. The molecule has 1 N–H and O–H groups in total. The van der Waals surface area contributed by atoms with Gasteiger partial charge in [0.25, 0.3) is 0 Å². The van der Waals surface area contributed by atoms with Gasteiger partial charge in [0, 0.05) is 18.4 Å². The van der Waals surface area contributed by atoms with Crippen molar-refractivity contribution in [1.82, 2.24) is 0 Å². The third kappa shape index (κ3) is 4.34. The van der Waals surface area contributed by atoms with Crippen molar-refractivity contribution in [2.45, 2.75) is 43.4 Å². The molecule has 0 atom stereocenters. The highest BCUT2D eigenvalue weighted by atomic mass is 32.2. The topological polar surface area (TPSA) is 63.2 Å². The molecule has 0 saturated heterocycles. The molecule has 2 rings (SSSR count). The molecule has 1 fully saturated rings. The number of anilines is 1. The lowest BCUT2D eigenvalue weighted by atomic mass is 10.0. The number of hydrogen-bond acceptors (Lipinski definition) is 3. The second-order valence-corrected chi connectivity index (χ2v) is 7.55. The first-order valence-electron chi connectivity index (χ1n) is 7.05. The molecular formula is C15H21NO3S. The van der Waals surface area contributed by atoms with Crippen LogP contribution in [0.2, 0.25) is 0 Å². The summed E-state index contributed by atoms with van der Waals surface area (Å²) in [5.41, 5.74) is 0.647. The second kappa shape index (κ2) is 6.39. The van der Waals surface area contributed by atoms with Crippen molar-refractivity contribution in [3.05, 3.63) is 24.3 Å². The number of hydrogen-bond donors (Lipinski definition) is 1. The largest absolute Gasteiger partial charge is 0.326 e. The van der Waals surface area contributed by atoms with Crippen LogP contribution < -0.4 is 5.32 Å². The van der Waals surface area contributed by atoms with Gasteiger partial charge in [-0.3, -0.25) is 4.79 Å². The summed E-state index contributed by atoms with van der Waals surface area (Å²) in [5.74, 6) is 0.706. The Morgan fingerprint density at radius 2 is 1.80 bits per heavy atom. The maximum absolute atomic E-state index is 11.8. The van der Waals surface area contributed by atoms with Gasteiger partial charge in [0.15, 0.2) is 9.84 Å². The maximum Gasteiger partial charge on any atom is 0.224 e. The molecule has 1 aromatic rings. The Labute approximate surface area is 120 Å². The molecule has 0 aromatic heterocycles. The maximum atomic E-state index is 11.8. The van der Waals surface area contributed by atoms with Gasteiger partial charge in [0.05, 0.1) is 4.90 Å². The zero-order valence-corrected chi connectivity index (χ0v) is 12.6. The molecule has 20 heavy (non-hydrogen) atoms. The van der Waals surface area contributed by atoms with E-state index in [0.717, 1.165) is 6.42 Å². The molecule has 0 spiro atoms. The molecule has 1 amide bonds. The van der Waals surface area contributed by atoms with Crippen LogP contribution in [0.1, 0.15) is 38.5 Å². The Bertz CT molecular complexity index is 557. The lowest BCUT2D eigenvalue weighted by Gasteiger charge is -2.09. The summed E-state index contributed by atoms with van der Waals surface area (Å²) in [7, 11) is -3.18. The SMILES string of the molecule is CS(=O)(=O)c1ccc(NC(=O)CCC2CCCC2)cc1. The van der Waals surface area contributed by atoms with Crippen LogP contribution in [0.25, 0.3) is 0 Å². The molecular weight excluding hydrogens is 274 g/mol. The number of nitrogens with one attached hydrogen (secondary N) is 1. The monoisotopic (exact) mass is 295 g/mol. The van der Waals surface area contributed by atoms with Gasteiger partial charge in [-0.05, 0) is 36.6 Å². The molecule has 4 nitrogen and oxygen atoms in total. The standard InChI is InChI=1S/C15H21NO3S/c1-20(18,19)14-9-7-13(8-10-14)16-15(17)11-6-12-4-2-3-5-12/h7-10,12H,2-6,11H2,1H3,(H,16,17). The Balaban J connectivity index is 1.84. The molecule has 1 aliphatic carbocycles. The predicted molar refractivity (Wildman–Crippen MR) is 79.4 cm³/mol. The van der Waals surface area contributed by atoms with E-state index in [1.54, 1.807) is 12.1 Å². The molecule has 0 bridgehead atoms. The average molecular weight is 295 g/mol. The van der Waals surface area contributed by atoms with Crippen LogP contribution >= 0.6 is 0 Å². The Morgan fingerprint density at radius 3 is 2.35 bits per heavy atom. The van der Waals surface area contributed by atoms with Crippen LogP contribution in [0.3, 0.4) is 0 Å². The number of carbonyl (C=O) groups is 1. The summed E-state index contributed by atoms with van der Waals surface area (Å²) >= 11 is 0. The molecule has 110 valence electrons. The van der Waals surface area contributed by atoms with Crippen molar-refractivity contribution in [2.24, 2.45) is 5.92 Å². The molecule has 0 heterocycles. The summed E-state index contributed by atoms with van der Waals surface area (Å²) in [6.45, 7) is 0. The van der Waals surface area contributed by atoms with Crippen molar-refractivity contribution in [1.29, 1.82) is 0 Å². The van der Waals surface area contributed by atoms with Gasteiger partial charge in [-0.25, -0.2) is 8.42 Å². The lowest BCUT2D eigenvalue weighted by Crippen LogP contribution is -2.12.